The van der Waals surface area contributed by atoms with E-state index < -0.39 is 0 Å². The van der Waals surface area contributed by atoms with Gasteiger partial charge in [-0.2, -0.15) is 0 Å². The van der Waals surface area contributed by atoms with Crippen LogP contribution in [-0.2, 0) is 11.3 Å². The molecule has 0 bridgehead atoms. The van der Waals surface area contributed by atoms with Gasteiger partial charge in [0.25, 0.3) is 0 Å². The van der Waals surface area contributed by atoms with Crippen molar-refractivity contribution >= 4 is 15.9 Å². The predicted octanol–water partition coefficient (Wildman–Crippen LogP) is 2.58. The molecule has 1 aromatic rings. The second-order valence-corrected chi connectivity index (χ2v) is 4.58. The Morgan fingerprint density at radius 3 is 2.81 bits per heavy atom. The van der Waals surface area contributed by atoms with Crippen LogP contribution < -0.4 is 10.1 Å². The molecule has 3 nitrogen and oxygen atoms in total. The lowest BCUT2D eigenvalue weighted by molar-refractivity contribution is 0.0913. The van der Waals surface area contributed by atoms with Crippen LogP contribution in [0.3, 0.4) is 0 Å². The van der Waals surface area contributed by atoms with E-state index in [0.717, 1.165) is 22.3 Å². The fourth-order valence-electron chi connectivity index (χ4n) is 1.48. The molecule has 0 aromatic heterocycles. The number of halogens is 1. The lowest BCUT2D eigenvalue weighted by Crippen LogP contribution is -2.19. The first-order valence-electron chi connectivity index (χ1n) is 5.26. The Morgan fingerprint density at radius 1 is 1.44 bits per heavy atom. The van der Waals surface area contributed by atoms with Crippen LogP contribution in [0.4, 0.5) is 0 Å². The summed E-state index contributed by atoms with van der Waals surface area (Å²) in [7, 11) is 3.60. The summed E-state index contributed by atoms with van der Waals surface area (Å²) < 4.78 is 11.9. The van der Waals surface area contributed by atoms with Gasteiger partial charge in [0.1, 0.15) is 11.9 Å². The third-order valence-corrected chi connectivity index (χ3v) is 2.61. The van der Waals surface area contributed by atoms with E-state index in [1.807, 2.05) is 26.1 Å². The molecule has 0 fully saturated rings. The molecule has 0 aliphatic rings. The summed E-state index contributed by atoms with van der Waals surface area (Å²) in [5.41, 5.74) is 1.14. The molecule has 0 saturated carbocycles. The van der Waals surface area contributed by atoms with E-state index in [2.05, 4.69) is 27.3 Å². The summed E-state index contributed by atoms with van der Waals surface area (Å²) >= 11 is 3.46. The van der Waals surface area contributed by atoms with Gasteiger partial charge in [-0.05, 0) is 32.2 Å². The second-order valence-electron chi connectivity index (χ2n) is 3.67. The van der Waals surface area contributed by atoms with Crippen molar-refractivity contribution in [3.63, 3.8) is 0 Å². The molecule has 1 rings (SSSR count). The van der Waals surface area contributed by atoms with Crippen molar-refractivity contribution < 1.29 is 9.47 Å². The lowest BCUT2D eigenvalue weighted by Gasteiger charge is -2.17. The van der Waals surface area contributed by atoms with Gasteiger partial charge in [-0.25, -0.2) is 0 Å². The Morgan fingerprint density at radius 2 is 2.19 bits per heavy atom. The highest BCUT2D eigenvalue weighted by Gasteiger charge is 2.08. The first-order valence-corrected chi connectivity index (χ1v) is 6.05. The molecule has 1 atom stereocenters. The topological polar surface area (TPSA) is 30.5 Å². The number of ether oxygens (including phenoxy) is 2. The van der Waals surface area contributed by atoms with Crippen LogP contribution in [-0.4, -0.2) is 26.9 Å². The molecule has 16 heavy (non-hydrogen) atoms. The zero-order valence-electron chi connectivity index (χ0n) is 9.92. The number of hydrogen-bond acceptors (Lipinski definition) is 3. The minimum atomic E-state index is 0.0572. The van der Waals surface area contributed by atoms with Gasteiger partial charge >= 0.3 is 0 Å². The van der Waals surface area contributed by atoms with Crippen molar-refractivity contribution in [1.29, 1.82) is 0 Å². The van der Waals surface area contributed by atoms with Crippen molar-refractivity contribution in [3.8, 4) is 5.75 Å². The monoisotopic (exact) mass is 287 g/mol. The standard InChI is InChI=1S/C12H18BrNO2/c1-9(8-15-3)16-12-5-4-11(13)6-10(12)7-14-2/h4-6,9,14H,7-8H2,1-3H3. The maximum Gasteiger partial charge on any atom is 0.124 e. The maximum absolute atomic E-state index is 5.81. The number of rotatable bonds is 6. The molecule has 0 saturated heterocycles. The van der Waals surface area contributed by atoms with Crippen LogP contribution >= 0.6 is 15.9 Å². The van der Waals surface area contributed by atoms with Crippen molar-refractivity contribution in [2.24, 2.45) is 0 Å². The minimum absolute atomic E-state index is 0.0572. The number of nitrogens with one attached hydrogen (secondary N) is 1. The fraction of sp³-hybridized carbons (Fsp3) is 0.500. The van der Waals surface area contributed by atoms with Gasteiger partial charge in [0, 0.05) is 23.7 Å². The van der Waals surface area contributed by atoms with Crippen molar-refractivity contribution in [1.82, 2.24) is 5.32 Å². The molecule has 0 aliphatic carbocycles. The minimum Gasteiger partial charge on any atom is -0.488 e. The molecule has 1 unspecified atom stereocenters. The third-order valence-electron chi connectivity index (χ3n) is 2.12. The maximum atomic E-state index is 5.81. The highest BCUT2D eigenvalue weighted by molar-refractivity contribution is 9.10. The molecule has 1 aromatic carbocycles. The number of hydrogen-bond donors (Lipinski definition) is 1. The van der Waals surface area contributed by atoms with Crippen molar-refractivity contribution in [2.75, 3.05) is 20.8 Å². The van der Waals surface area contributed by atoms with E-state index in [9.17, 15) is 0 Å². The first-order chi connectivity index (χ1) is 7.67. The molecule has 4 heteroatoms. The van der Waals surface area contributed by atoms with E-state index in [1.165, 1.54) is 0 Å². The van der Waals surface area contributed by atoms with E-state index in [1.54, 1.807) is 7.11 Å². The van der Waals surface area contributed by atoms with Crippen LogP contribution in [0.5, 0.6) is 5.75 Å². The molecule has 0 aliphatic heterocycles. The largest absolute Gasteiger partial charge is 0.488 e. The molecule has 0 spiro atoms. The molecule has 1 N–H and O–H groups in total. The SMILES string of the molecule is CNCc1cc(Br)ccc1OC(C)COC. The van der Waals surface area contributed by atoms with Gasteiger partial charge in [-0.15, -0.1) is 0 Å². The average Bonchev–Trinajstić information content (AvgIpc) is 2.23. The van der Waals surface area contributed by atoms with Gasteiger partial charge in [0.2, 0.25) is 0 Å². The van der Waals surface area contributed by atoms with E-state index >= 15 is 0 Å². The summed E-state index contributed by atoms with van der Waals surface area (Å²) in [4.78, 5) is 0. The molecule has 0 heterocycles. The smallest absolute Gasteiger partial charge is 0.124 e. The Balaban J connectivity index is 2.77. The Hall–Kier alpha value is -0.580. The van der Waals surface area contributed by atoms with Crippen LogP contribution in [0.25, 0.3) is 0 Å². The van der Waals surface area contributed by atoms with Crippen molar-refractivity contribution in [3.05, 3.63) is 28.2 Å². The quantitative estimate of drug-likeness (QED) is 0.872. The summed E-state index contributed by atoms with van der Waals surface area (Å²) in [6, 6.07) is 6.02. The Labute approximate surface area is 105 Å². The molecule has 90 valence electrons. The highest BCUT2D eigenvalue weighted by Crippen LogP contribution is 2.24. The van der Waals surface area contributed by atoms with Crippen molar-refractivity contribution in [2.45, 2.75) is 19.6 Å². The van der Waals surface area contributed by atoms with Crippen LogP contribution in [0, 0.1) is 0 Å². The summed E-state index contributed by atoms with van der Waals surface area (Å²) in [5.74, 6) is 0.905. The predicted molar refractivity (Wildman–Crippen MR) is 68.9 cm³/mol. The van der Waals surface area contributed by atoms with E-state index in [-0.39, 0.29) is 6.10 Å². The highest BCUT2D eigenvalue weighted by atomic mass is 79.9. The molecular formula is C12H18BrNO2. The van der Waals surface area contributed by atoms with E-state index in [4.69, 9.17) is 9.47 Å². The number of methoxy groups -OCH3 is 1. The van der Waals surface area contributed by atoms with Gasteiger partial charge < -0.3 is 14.8 Å². The lowest BCUT2D eigenvalue weighted by atomic mass is 10.2. The van der Waals surface area contributed by atoms with Crippen LogP contribution in [0.2, 0.25) is 0 Å². The van der Waals surface area contributed by atoms with Gasteiger partial charge in [0.05, 0.1) is 6.61 Å². The molecular weight excluding hydrogens is 270 g/mol. The number of benzene rings is 1. The van der Waals surface area contributed by atoms with Gasteiger partial charge in [0.15, 0.2) is 0 Å². The first kappa shape index (κ1) is 13.5. The zero-order valence-corrected chi connectivity index (χ0v) is 11.5. The zero-order chi connectivity index (χ0) is 12.0. The van der Waals surface area contributed by atoms with E-state index in [0.29, 0.717) is 6.61 Å². The van der Waals surface area contributed by atoms with Gasteiger partial charge in [-0.1, -0.05) is 15.9 Å². The third kappa shape index (κ3) is 4.12. The summed E-state index contributed by atoms with van der Waals surface area (Å²) in [5, 5.41) is 3.12. The summed E-state index contributed by atoms with van der Waals surface area (Å²) in [6.07, 6.45) is 0.0572. The Kier molecular flexibility index (Phi) is 5.80. The van der Waals surface area contributed by atoms with Crippen LogP contribution in [0.1, 0.15) is 12.5 Å². The fourth-order valence-corrected chi connectivity index (χ4v) is 1.89. The second kappa shape index (κ2) is 6.89. The Bertz CT molecular complexity index is 331. The normalized spacial score (nSPS) is 12.5. The molecule has 0 radical (unpaired) electrons. The van der Waals surface area contributed by atoms with Crippen LogP contribution in [0.15, 0.2) is 22.7 Å². The molecule has 0 amide bonds. The van der Waals surface area contributed by atoms with Gasteiger partial charge in [-0.3, -0.25) is 0 Å². The summed E-state index contributed by atoms with van der Waals surface area (Å²) in [6.45, 7) is 3.37. The average molecular weight is 288 g/mol.